The van der Waals surface area contributed by atoms with Crippen LogP contribution in [0.15, 0.2) is 24.3 Å². The molecule has 0 aliphatic carbocycles. The number of benzene rings is 1. The highest BCUT2D eigenvalue weighted by atomic mass is 16.5. The number of methoxy groups -OCH3 is 1. The summed E-state index contributed by atoms with van der Waals surface area (Å²) in [6.07, 6.45) is 1.90. The van der Waals surface area contributed by atoms with Crippen LogP contribution in [-0.2, 0) is 16.0 Å². The Morgan fingerprint density at radius 3 is 2.82 bits per heavy atom. The molecule has 94 valence electrons. The second-order valence-corrected chi connectivity index (χ2v) is 3.61. The van der Waals surface area contributed by atoms with E-state index in [1.54, 1.807) is 0 Å². The van der Waals surface area contributed by atoms with Crippen LogP contribution in [0.3, 0.4) is 0 Å². The molecule has 1 aromatic rings. The van der Waals surface area contributed by atoms with Crippen molar-refractivity contribution in [3.8, 4) is 5.75 Å². The minimum absolute atomic E-state index is 0.00348. The lowest BCUT2D eigenvalue weighted by atomic mass is 10.1. The monoisotopic (exact) mass is 238 g/mol. The minimum Gasteiger partial charge on any atom is -0.491 e. The molecule has 1 N–H and O–H groups in total. The average molecular weight is 238 g/mol. The summed E-state index contributed by atoms with van der Waals surface area (Å²) in [6.45, 7) is 0.282. The van der Waals surface area contributed by atoms with Gasteiger partial charge in [-0.1, -0.05) is 18.2 Å². The lowest BCUT2D eigenvalue weighted by Gasteiger charge is -2.10. The van der Waals surface area contributed by atoms with Crippen LogP contribution < -0.4 is 4.74 Å². The van der Waals surface area contributed by atoms with Gasteiger partial charge in [0.1, 0.15) is 12.4 Å². The Morgan fingerprint density at radius 1 is 1.35 bits per heavy atom. The predicted octanol–water partition coefficient (Wildman–Crippen LogP) is 1.55. The molecule has 0 radical (unpaired) electrons. The SMILES string of the molecule is COC(=O)CCCc1ccccc1OCCO. The molecule has 0 saturated heterocycles. The number of carbonyl (C=O) groups is 1. The maximum Gasteiger partial charge on any atom is 0.305 e. The fraction of sp³-hybridized carbons (Fsp3) is 0.462. The quantitative estimate of drug-likeness (QED) is 0.732. The molecule has 0 unspecified atom stereocenters. The Hall–Kier alpha value is -1.55. The highest BCUT2D eigenvalue weighted by Crippen LogP contribution is 2.20. The Bertz CT molecular complexity index is 349. The molecule has 0 fully saturated rings. The Balaban J connectivity index is 2.48. The summed E-state index contributed by atoms with van der Waals surface area (Å²) in [5.41, 5.74) is 1.05. The standard InChI is InChI=1S/C13H18O4/c1-16-13(15)8-4-6-11-5-2-3-7-12(11)17-10-9-14/h2-3,5,7,14H,4,6,8-10H2,1H3. The van der Waals surface area contributed by atoms with Crippen molar-refractivity contribution < 1.29 is 19.4 Å². The summed E-state index contributed by atoms with van der Waals surface area (Å²) in [4.78, 5) is 11.0. The Kier molecular flexibility index (Phi) is 6.10. The second-order valence-electron chi connectivity index (χ2n) is 3.61. The first-order chi connectivity index (χ1) is 8.27. The number of aryl methyl sites for hydroxylation is 1. The van der Waals surface area contributed by atoms with Gasteiger partial charge in [0.2, 0.25) is 0 Å². The molecule has 0 saturated carbocycles. The van der Waals surface area contributed by atoms with Crippen LogP contribution in [0.4, 0.5) is 0 Å². The summed E-state index contributed by atoms with van der Waals surface area (Å²) < 4.78 is 9.98. The molecule has 0 amide bonds. The summed E-state index contributed by atoms with van der Waals surface area (Å²) >= 11 is 0. The van der Waals surface area contributed by atoms with Crippen molar-refractivity contribution in [1.82, 2.24) is 0 Å². The second kappa shape index (κ2) is 7.68. The van der Waals surface area contributed by atoms with Crippen molar-refractivity contribution in [2.24, 2.45) is 0 Å². The van der Waals surface area contributed by atoms with Crippen molar-refractivity contribution >= 4 is 5.97 Å². The van der Waals surface area contributed by atoms with E-state index in [0.717, 1.165) is 24.2 Å². The molecule has 0 bridgehead atoms. The third-order valence-corrected chi connectivity index (χ3v) is 2.38. The van der Waals surface area contributed by atoms with E-state index in [9.17, 15) is 4.79 Å². The van der Waals surface area contributed by atoms with E-state index in [0.29, 0.717) is 6.42 Å². The van der Waals surface area contributed by atoms with Gasteiger partial charge in [-0.15, -0.1) is 0 Å². The highest BCUT2D eigenvalue weighted by Gasteiger charge is 2.05. The van der Waals surface area contributed by atoms with Gasteiger partial charge >= 0.3 is 5.97 Å². The van der Waals surface area contributed by atoms with E-state index in [1.807, 2.05) is 24.3 Å². The summed E-state index contributed by atoms with van der Waals surface area (Å²) in [7, 11) is 1.39. The van der Waals surface area contributed by atoms with Gasteiger partial charge < -0.3 is 14.6 Å². The zero-order valence-corrected chi connectivity index (χ0v) is 10.0. The number of esters is 1. The van der Waals surface area contributed by atoms with Crippen LogP contribution >= 0.6 is 0 Å². The van der Waals surface area contributed by atoms with Gasteiger partial charge in [0.05, 0.1) is 13.7 Å². The van der Waals surface area contributed by atoms with Crippen molar-refractivity contribution in [2.75, 3.05) is 20.3 Å². The Labute approximate surface area is 101 Å². The lowest BCUT2D eigenvalue weighted by Crippen LogP contribution is -2.05. The normalized spacial score (nSPS) is 10.0. The van der Waals surface area contributed by atoms with Crippen LogP contribution in [0.5, 0.6) is 5.75 Å². The van der Waals surface area contributed by atoms with Crippen LogP contribution in [0, 0.1) is 0 Å². The molecule has 0 spiro atoms. The number of hydrogen-bond donors (Lipinski definition) is 1. The van der Waals surface area contributed by atoms with Crippen LogP contribution in [-0.4, -0.2) is 31.4 Å². The van der Waals surface area contributed by atoms with E-state index in [4.69, 9.17) is 9.84 Å². The van der Waals surface area contributed by atoms with Crippen LogP contribution in [0.25, 0.3) is 0 Å². The maximum atomic E-state index is 11.0. The number of aliphatic hydroxyl groups is 1. The van der Waals surface area contributed by atoms with E-state index in [2.05, 4.69) is 4.74 Å². The molecule has 0 aliphatic rings. The Morgan fingerprint density at radius 2 is 2.12 bits per heavy atom. The summed E-state index contributed by atoms with van der Waals surface area (Å²) in [5.74, 6) is 0.574. The molecule has 1 rings (SSSR count). The maximum absolute atomic E-state index is 11.0. The molecule has 0 aromatic heterocycles. The number of carbonyl (C=O) groups excluding carboxylic acids is 1. The van der Waals surface area contributed by atoms with E-state index in [-0.39, 0.29) is 19.2 Å². The topological polar surface area (TPSA) is 55.8 Å². The number of rotatable bonds is 7. The molecule has 0 atom stereocenters. The molecule has 1 aromatic carbocycles. The fourth-order valence-electron chi connectivity index (χ4n) is 1.53. The van der Waals surface area contributed by atoms with Gasteiger partial charge in [-0.25, -0.2) is 0 Å². The average Bonchev–Trinajstić information content (AvgIpc) is 2.37. The van der Waals surface area contributed by atoms with Gasteiger partial charge in [-0.05, 0) is 24.5 Å². The van der Waals surface area contributed by atoms with Gasteiger partial charge in [-0.2, -0.15) is 0 Å². The third kappa shape index (κ3) is 4.87. The van der Waals surface area contributed by atoms with Gasteiger partial charge in [0.15, 0.2) is 0 Å². The smallest absolute Gasteiger partial charge is 0.305 e. The lowest BCUT2D eigenvalue weighted by molar-refractivity contribution is -0.140. The van der Waals surface area contributed by atoms with Crippen molar-refractivity contribution in [1.29, 1.82) is 0 Å². The molecular formula is C13H18O4. The van der Waals surface area contributed by atoms with E-state index >= 15 is 0 Å². The first-order valence-electron chi connectivity index (χ1n) is 5.66. The van der Waals surface area contributed by atoms with Crippen LogP contribution in [0.2, 0.25) is 0 Å². The zero-order chi connectivity index (χ0) is 12.5. The highest BCUT2D eigenvalue weighted by molar-refractivity contribution is 5.69. The summed E-state index contributed by atoms with van der Waals surface area (Å²) in [5, 5.41) is 8.71. The third-order valence-electron chi connectivity index (χ3n) is 2.38. The van der Waals surface area contributed by atoms with Crippen molar-refractivity contribution in [2.45, 2.75) is 19.3 Å². The van der Waals surface area contributed by atoms with Gasteiger partial charge in [0.25, 0.3) is 0 Å². The summed E-state index contributed by atoms with van der Waals surface area (Å²) in [6, 6.07) is 7.64. The molecule has 4 nitrogen and oxygen atoms in total. The van der Waals surface area contributed by atoms with Crippen LogP contribution in [0.1, 0.15) is 18.4 Å². The largest absolute Gasteiger partial charge is 0.491 e. The predicted molar refractivity (Wildman–Crippen MR) is 64.0 cm³/mol. The van der Waals surface area contributed by atoms with E-state index in [1.165, 1.54) is 7.11 Å². The zero-order valence-electron chi connectivity index (χ0n) is 10.0. The van der Waals surface area contributed by atoms with E-state index < -0.39 is 0 Å². The number of aliphatic hydroxyl groups excluding tert-OH is 1. The molecule has 0 heterocycles. The first kappa shape index (κ1) is 13.5. The minimum atomic E-state index is -0.196. The molecule has 4 heteroatoms. The number of hydrogen-bond acceptors (Lipinski definition) is 4. The molecule has 0 aliphatic heterocycles. The first-order valence-corrected chi connectivity index (χ1v) is 5.66. The van der Waals surface area contributed by atoms with Crippen molar-refractivity contribution in [3.05, 3.63) is 29.8 Å². The number of para-hydroxylation sites is 1. The number of ether oxygens (including phenoxy) is 2. The van der Waals surface area contributed by atoms with Gasteiger partial charge in [0, 0.05) is 6.42 Å². The fourth-order valence-corrected chi connectivity index (χ4v) is 1.53. The van der Waals surface area contributed by atoms with Gasteiger partial charge in [-0.3, -0.25) is 4.79 Å². The molecular weight excluding hydrogens is 220 g/mol. The van der Waals surface area contributed by atoms with Crippen molar-refractivity contribution in [3.63, 3.8) is 0 Å². The molecule has 17 heavy (non-hydrogen) atoms.